The number of rotatable bonds is 4. The molecule has 0 unspecified atom stereocenters. The number of aliphatic hydroxyl groups is 1. The summed E-state index contributed by atoms with van der Waals surface area (Å²) < 4.78 is 0. The van der Waals surface area contributed by atoms with Gasteiger partial charge in [0.2, 0.25) is 0 Å². The van der Waals surface area contributed by atoms with E-state index in [1.165, 1.54) is 11.3 Å². The first-order chi connectivity index (χ1) is 10.1. The highest BCUT2D eigenvalue weighted by atomic mass is 32.1. The molecule has 4 nitrogen and oxygen atoms in total. The average Bonchev–Trinajstić information content (AvgIpc) is 2.89. The van der Waals surface area contributed by atoms with Crippen LogP contribution < -0.4 is 5.32 Å². The molecule has 0 spiro atoms. The molecule has 2 aromatic rings. The lowest BCUT2D eigenvalue weighted by molar-refractivity contribution is 0.0228. The number of pyridine rings is 1. The van der Waals surface area contributed by atoms with Gasteiger partial charge < -0.3 is 10.4 Å². The Kier molecular flexibility index (Phi) is 4.03. The van der Waals surface area contributed by atoms with Crippen molar-refractivity contribution in [1.82, 2.24) is 10.3 Å². The standard InChI is InChI=1S/C16H18N2O2S/c1-10-5-6-14(21-10)16(20)18-15(11-8-12(19)9-11)13-4-2-3-7-17-13/h2-7,11-12,15,19H,8-9H2,1H3,(H,18,20)/t11?,12?,15-/m0/s1. The maximum Gasteiger partial charge on any atom is 0.261 e. The largest absolute Gasteiger partial charge is 0.393 e. The van der Waals surface area contributed by atoms with Crippen molar-refractivity contribution in [1.29, 1.82) is 0 Å². The summed E-state index contributed by atoms with van der Waals surface area (Å²) in [6.07, 6.45) is 2.91. The first kappa shape index (κ1) is 14.2. The van der Waals surface area contributed by atoms with E-state index in [0.717, 1.165) is 10.6 Å². The Morgan fingerprint density at radius 2 is 2.19 bits per heavy atom. The molecule has 2 heterocycles. The molecule has 110 valence electrons. The Hall–Kier alpha value is -1.72. The maximum absolute atomic E-state index is 12.4. The number of hydrogen-bond donors (Lipinski definition) is 2. The second kappa shape index (κ2) is 5.95. The van der Waals surface area contributed by atoms with Gasteiger partial charge >= 0.3 is 0 Å². The lowest BCUT2D eigenvalue weighted by atomic mass is 9.76. The number of aromatic nitrogens is 1. The molecule has 5 heteroatoms. The van der Waals surface area contributed by atoms with Crippen molar-refractivity contribution >= 4 is 17.2 Å². The molecule has 1 aliphatic rings. The molecule has 3 rings (SSSR count). The molecule has 0 radical (unpaired) electrons. The highest BCUT2D eigenvalue weighted by Gasteiger charge is 2.36. The predicted octanol–water partition coefficient (Wildman–Crippen LogP) is 2.69. The summed E-state index contributed by atoms with van der Waals surface area (Å²) in [6, 6.07) is 9.37. The van der Waals surface area contributed by atoms with Crippen LogP contribution in [-0.4, -0.2) is 22.1 Å². The molecule has 0 bridgehead atoms. The first-order valence-electron chi connectivity index (χ1n) is 7.10. The number of carbonyl (C=O) groups excluding carboxylic acids is 1. The van der Waals surface area contributed by atoms with Gasteiger partial charge in [0.05, 0.1) is 22.7 Å². The van der Waals surface area contributed by atoms with E-state index in [1.54, 1.807) is 6.20 Å². The van der Waals surface area contributed by atoms with E-state index >= 15 is 0 Å². The second-order valence-electron chi connectivity index (χ2n) is 5.50. The lowest BCUT2D eigenvalue weighted by Gasteiger charge is -2.37. The highest BCUT2D eigenvalue weighted by Crippen LogP contribution is 2.37. The zero-order valence-corrected chi connectivity index (χ0v) is 12.6. The summed E-state index contributed by atoms with van der Waals surface area (Å²) in [5.74, 6) is 0.185. The Morgan fingerprint density at radius 1 is 1.38 bits per heavy atom. The minimum absolute atomic E-state index is 0.0647. The van der Waals surface area contributed by atoms with Crippen LogP contribution in [0.5, 0.6) is 0 Å². The summed E-state index contributed by atoms with van der Waals surface area (Å²) in [6.45, 7) is 1.99. The molecule has 0 saturated heterocycles. The van der Waals surface area contributed by atoms with Gasteiger partial charge in [-0.15, -0.1) is 11.3 Å². The van der Waals surface area contributed by atoms with E-state index in [2.05, 4.69) is 10.3 Å². The fourth-order valence-electron chi connectivity index (χ4n) is 2.66. The summed E-state index contributed by atoms with van der Waals surface area (Å²) in [5, 5.41) is 12.6. The van der Waals surface area contributed by atoms with Crippen LogP contribution >= 0.6 is 11.3 Å². The Bertz CT molecular complexity index is 620. The minimum atomic E-state index is -0.248. The van der Waals surface area contributed by atoms with Gasteiger partial charge in [0.25, 0.3) is 5.91 Å². The zero-order chi connectivity index (χ0) is 14.8. The monoisotopic (exact) mass is 302 g/mol. The molecule has 2 aromatic heterocycles. The summed E-state index contributed by atoms with van der Waals surface area (Å²) in [5.41, 5.74) is 0.857. The molecule has 2 N–H and O–H groups in total. The second-order valence-corrected chi connectivity index (χ2v) is 6.79. The fourth-order valence-corrected chi connectivity index (χ4v) is 3.43. The number of hydrogen-bond acceptors (Lipinski definition) is 4. The quantitative estimate of drug-likeness (QED) is 0.913. The van der Waals surface area contributed by atoms with Crippen molar-refractivity contribution in [2.24, 2.45) is 5.92 Å². The van der Waals surface area contributed by atoms with Gasteiger partial charge in [0, 0.05) is 11.1 Å². The third-order valence-corrected chi connectivity index (χ3v) is 4.88. The van der Waals surface area contributed by atoms with Crippen LogP contribution in [-0.2, 0) is 0 Å². The molecule has 1 amide bonds. The summed E-state index contributed by atoms with van der Waals surface area (Å²) >= 11 is 1.49. The average molecular weight is 302 g/mol. The maximum atomic E-state index is 12.4. The SMILES string of the molecule is Cc1ccc(C(=O)N[C@H](c2ccccn2)C2CC(O)C2)s1. The van der Waals surface area contributed by atoms with Crippen molar-refractivity contribution in [3.05, 3.63) is 52.0 Å². The Morgan fingerprint density at radius 3 is 2.76 bits per heavy atom. The molecule has 1 fully saturated rings. The van der Waals surface area contributed by atoms with Gasteiger partial charge in [-0.2, -0.15) is 0 Å². The highest BCUT2D eigenvalue weighted by molar-refractivity contribution is 7.13. The number of nitrogens with one attached hydrogen (secondary N) is 1. The van der Waals surface area contributed by atoms with Crippen LogP contribution in [0, 0.1) is 12.8 Å². The number of aryl methyl sites for hydroxylation is 1. The Balaban J connectivity index is 1.78. The lowest BCUT2D eigenvalue weighted by Crippen LogP contribution is -2.41. The zero-order valence-electron chi connectivity index (χ0n) is 11.8. The number of carbonyl (C=O) groups is 1. The van der Waals surface area contributed by atoms with E-state index in [9.17, 15) is 9.90 Å². The van der Waals surface area contributed by atoms with Gasteiger partial charge in [-0.25, -0.2) is 0 Å². The molecule has 21 heavy (non-hydrogen) atoms. The van der Waals surface area contributed by atoms with Gasteiger partial charge in [0.1, 0.15) is 0 Å². The summed E-state index contributed by atoms with van der Waals surface area (Å²) in [7, 11) is 0. The molecular formula is C16H18N2O2S. The van der Waals surface area contributed by atoms with Crippen LogP contribution in [0.1, 0.15) is 39.1 Å². The van der Waals surface area contributed by atoms with Gasteiger partial charge in [0.15, 0.2) is 0 Å². The van der Waals surface area contributed by atoms with Crippen molar-refractivity contribution in [3.63, 3.8) is 0 Å². The number of amides is 1. The molecule has 0 aromatic carbocycles. The van der Waals surface area contributed by atoms with Gasteiger partial charge in [-0.1, -0.05) is 6.07 Å². The van der Waals surface area contributed by atoms with E-state index in [0.29, 0.717) is 17.7 Å². The van der Waals surface area contributed by atoms with Crippen molar-refractivity contribution in [2.45, 2.75) is 31.9 Å². The van der Waals surface area contributed by atoms with Crippen LogP contribution in [0.4, 0.5) is 0 Å². The van der Waals surface area contributed by atoms with Crippen molar-refractivity contribution < 1.29 is 9.90 Å². The normalized spacial score (nSPS) is 22.4. The van der Waals surface area contributed by atoms with Crippen molar-refractivity contribution in [3.8, 4) is 0 Å². The molecule has 1 aliphatic carbocycles. The topological polar surface area (TPSA) is 62.2 Å². The number of thiophene rings is 1. The van der Waals surface area contributed by atoms with Crippen LogP contribution in [0.25, 0.3) is 0 Å². The molecule has 0 aliphatic heterocycles. The molecule has 1 atom stereocenters. The van der Waals surface area contributed by atoms with Crippen LogP contribution in [0.3, 0.4) is 0 Å². The molecular weight excluding hydrogens is 284 g/mol. The fraction of sp³-hybridized carbons (Fsp3) is 0.375. The third kappa shape index (κ3) is 3.14. The van der Waals surface area contributed by atoms with Crippen LogP contribution in [0.15, 0.2) is 36.5 Å². The number of aliphatic hydroxyl groups excluding tert-OH is 1. The number of nitrogens with zero attached hydrogens (tertiary/aromatic N) is 1. The Labute approximate surface area is 127 Å². The van der Waals surface area contributed by atoms with Crippen molar-refractivity contribution in [2.75, 3.05) is 0 Å². The predicted molar refractivity (Wildman–Crippen MR) is 82.2 cm³/mol. The van der Waals surface area contributed by atoms with Crippen LogP contribution in [0.2, 0.25) is 0 Å². The first-order valence-corrected chi connectivity index (χ1v) is 7.91. The van der Waals surface area contributed by atoms with E-state index in [1.807, 2.05) is 37.3 Å². The van der Waals surface area contributed by atoms with E-state index in [-0.39, 0.29) is 24.0 Å². The van der Waals surface area contributed by atoms with E-state index in [4.69, 9.17) is 0 Å². The third-order valence-electron chi connectivity index (χ3n) is 3.88. The van der Waals surface area contributed by atoms with E-state index < -0.39 is 0 Å². The van der Waals surface area contributed by atoms with Gasteiger partial charge in [-0.3, -0.25) is 9.78 Å². The smallest absolute Gasteiger partial charge is 0.261 e. The summed E-state index contributed by atoms with van der Waals surface area (Å²) in [4.78, 5) is 18.6. The molecule has 1 saturated carbocycles. The minimum Gasteiger partial charge on any atom is -0.393 e. The van der Waals surface area contributed by atoms with Gasteiger partial charge in [-0.05, 0) is 49.9 Å².